The van der Waals surface area contributed by atoms with Crippen LogP contribution in [0.4, 0.5) is 5.69 Å². The van der Waals surface area contributed by atoms with Crippen molar-refractivity contribution < 1.29 is 13.2 Å². The lowest BCUT2D eigenvalue weighted by molar-refractivity contribution is 0.0745. The average molecular weight is 546 g/mol. The molecule has 1 aliphatic heterocycles. The van der Waals surface area contributed by atoms with Crippen molar-refractivity contribution >= 4 is 44.2 Å². The number of nitrogens with zero attached hydrogens (tertiary/aromatic N) is 2. The molecule has 5 nitrogen and oxygen atoms in total. The van der Waals surface area contributed by atoms with Crippen LogP contribution in [0.1, 0.15) is 21.5 Å². The number of sulfonamides is 1. The number of carbonyl (C=O) groups excluding carboxylic acids is 1. The number of halogens is 1. The maximum absolute atomic E-state index is 13.7. The number of aryl methyl sites for hydroxylation is 1. The van der Waals surface area contributed by atoms with E-state index in [2.05, 4.69) is 22.6 Å². The summed E-state index contributed by atoms with van der Waals surface area (Å²) in [6, 6.07) is 23.2. The third-order valence-electron chi connectivity index (χ3n) is 5.39. The number of hydrogen-bond acceptors (Lipinski definition) is 3. The van der Waals surface area contributed by atoms with Crippen LogP contribution in [0.25, 0.3) is 0 Å². The van der Waals surface area contributed by atoms with E-state index in [0.29, 0.717) is 28.8 Å². The van der Waals surface area contributed by atoms with Gasteiger partial charge in [0.1, 0.15) is 0 Å². The van der Waals surface area contributed by atoms with Crippen molar-refractivity contribution in [1.29, 1.82) is 0 Å². The van der Waals surface area contributed by atoms with E-state index in [1.807, 2.05) is 37.3 Å². The van der Waals surface area contributed by atoms with E-state index in [0.717, 1.165) is 11.1 Å². The SMILES string of the molecule is Cc1ccc(S(=O)(=O)N2c3ccccc3C(=O)N(Cc3ccccc3)CC2CI)cc1. The van der Waals surface area contributed by atoms with Gasteiger partial charge < -0.3 is 4.90 Å². The predicted molar refractivity (Wildman–Crippen MR) is 131 cm³/mol. The first-order chi connectivity index (χ1) is 14.9. The lowest BCUT2D eigenvalue weighted by Crippen LogP contribution is -2.46. The number of carbonyl (C=O) groups is 1. The molecule has 1 amide bonds. The molecule has 0 saturated carbocycles. The molecule has 0 radical (unpaired) electrons. The Morgan fingerprint density at radius 2 is 1.58 bits per heavy atom. The maximum Gasteiger partial charge on any atom is 0.264 e. The van der Waals surface area contributed by atoms with Crippen LogP contribution in [0.2, 0.25) is 0 Å². The molecule has 0 N–H and O–H groups in total. The topological polar surface area (TPSA) is 57.7 Å². The minimum atomic E-state index is -3.85. The first-order valence-corrected chi connectivity index (χ1v) is 13.0. The van der Waals surface area contributed by atoms with E-state index < -0.39 is 10.0 Å². The van der Waals surface area contributed by atoms with Crippen LogP contribution >= 0.6 is 22.6 Å². The Labute approximate surface area is 196 Å². The number of fused-ring (bicyclic) bond motifs is 1. The molecule has 3 aromatic rings. The quantitative estimate of drug-likeness (QED) is 0.346. The number of benzene rings is 3. The lowest BCUT2D eigenvalue weighted by atomic mass is 10.1. The van der Waals surface area contributed by atoms with Gasteiger partial charge in [-0.15, -0.1) is 0 Å². The second-order valence-corrected chi connectivity index (χ2v) is 10.3. The second kappa shape index (κ2) is 9.00. The van der Waals surface area contributed by atoms with Gasteiger partial charge in [0.2, 0.25) is 0 Å². The zero-order chi connectivity index (χ0) is 22.0. The summed E-state index contributed by atoms with van der Waals surface area (Å²) >= 11 is 2.21. The fourth-order valence-corrected chi connectivity index (χ4v) is 6.43. The van der Waals surface area contributed by atoms with Crippen LogP contribution in [0.15, 0.2) is 83.8 Å². The lowest BCUT2D eigenvalue weighted by Gasteiger charge is -2.32. The molecule has 31 heavy (non-hydrogen) atoms. The van der Waals surface area contributed by atoms with Crippen molar-refractivity contribution in [3.63, 3.8) is 0 Å². The van der Waals surface area contributed by atoms with Gasteiger partial charge in [0.05, 0.1) is 22.2 Å². The highest BCUT2D eigenvalue weighted by Gasteiger charge is 2.39. The number of para-hydroxylation sites is 1. The van der Waals surface area contributed by atoms with Gasteiger partial charge >= 0.3 is 0 Å². The molecular formula is C24H23IN2O3S. The van der Waals surface area contributed by atoms with Crippen LogP contribution in [-0.4, -0.2) is 36.2 Å². The summed E-state index contributed by atoms with van der Waals surface area (Å²) in [6.07, 6.45) is 0. The molecule has 0 aliphatic carbocycles. The average Bonchev–Trinajstić information content (AvgIpc) is 2.90. The fourth-order valence-electron chi connectivity index (χ4n) is 3.83. The second-order valence-electron chi connectivity index (χ2n) is 7.61. The summed E-state index contributed by atoms with van der Waals surface area (Å²) in [4.78, 5) is 15.4. The first-order valence-electron chi connectivity index (χ1n) is 10.0. The molecular weight excluding hydrogens is 523 g/mol. The van der Waals surface area contributed by atoms with E-state index in [9.17, 15) is 13.2 Å². The Morgan fingerprint density at radius 3 is 2.26 bits per heavy atom. The van der Waals surface area contributed by atoms with Crippen molar-refractivity contribution in [3.05, 3.63) is 95.6 Å². The van der Waals surface area contributed by atoms with E-state index in [-0.39, 0.29) is 16.8 Å². The number of hydrogen-bond donors (Lipinski definition) is 0. The Balaban J connectivity index is 1.82. The van der Waals surface area contributed by atoms with Crippen molar-refractivity contribution in [2.75, 3.05) is 15.3 Å². The Kier molecular flexibility index (Phi) is 6.34. The van der Waals surface area contributed by atoms with Crippen molar-refractivity contribution in [3.8, 4) is 0 Å². The van der Waals surface area contributed by atoms with Gasteiger partial charge in [-0.3, -0.25) is 9.10 Å². The first kappa shape index (κ1) is 21.8. The molecule has 1 unspecified atom stereocenters. The summed E-state index contributed by atoms with van der Waals surface area (Å²) < 4.78 is 29.5. The molecule has 7 heteroatoms. The summed E-state index contributed by atoms with van der Waals surface area (Å²) in [5.41, 5.74) is 2.84. The van der Waals surface area contributed by atoms with Crippen LogP contribution in [-0.2, 0) is 16.6 Å². The molecule has 0 bridgehead atoms. The van der Waals surface area contributed by atoms with Crippen LogP contribution in [0, 0.1) is 6.92 Å². The largest absolute Gasteiger partial charge is 0.332 e. The highest BCUT2D eigenvalue weighted by molar-refractivity contribution is 14.1. The summed E-state index contributed by atoms with van der Waals surface area (Å²) in [6.45, 7) is 2.67. The van der Waals surface area contributed by atoms with E-state index in [1.54, 1.807) is 53.4 Å². The molecule has 4 rings (SSSR count). The maximum atomic E-state index is 13.7. The predicted octanol–water partition coefficient (Wildman–Crippen LogP) is 4.65. The number of alkyl halides is 1. The normalized spacial score (nSPS) is 16.7. The Morgan fingerprint density at radius 1 is 0.935 bits per heavy atom. The van der Waals surface area contributed by atoms with Crippen molar-refractivity contribution in [1.82, 2.24) is 4.90 Å². The summed E-state index contributed by atoms with van der Waals surface area (Å²) in [7, 11) is -3.85. The zero-order valence-electron chi connectivity index (χ0n) is 17.1. The third-order valence-corrected chi connectivity index (χ3v) is 8.29. The van der Waals surface area contributed by atoms with Gasteiger partial charge in [-0.25, -0.2) is 8.42 Å². The van der Waals surface area contributed by atoms with Gasteiger partial charge in [0.25, 0.3) is 15.9 Å². The highest BCUT2D eigenvalue weighted by atomic mass is 127. The van der Waals surface area contributed by atoms with Gasteiger partial charge in [-0.1, -0.05) is 82.8 Å². The summed E-state index contributed by atoms with van der Waals surface area (Å²) in [5.74, 6) is -0.157. The molecule has 0 fully saturated rings. The van der Waals surface area contributed by atoms with Gasteiger partial charge in [0, 0.05) is 17.5 Å². The summed E-state index contributed by atoms with van der Waals surface area (Å²) in [5, 5.41) is 0. The standard InChI is InChI=1S/C24H23IN2O3S/c1-18-11-13-21(14-12-18)31(29,30)27-20(15-25)17-26(16-19-7-3-2-4-8-19)24(28)22-9-5-6-10-23(22)27/h2-14,20H,15-17H2,1H3. The van der Waals surface area contributed by atoms with Crippen LogP contribution < -0.4 is 4.31 Å². The smallest absolute Gasteiger partial charge is 0.264 e. The van der Waals surface area contributed by atoms with Crippen molar-refractivity contribution in [2.24, 2.45) is 0 Å². The molecule has 0 saturated heterocycles. The monoisotopic (exact) mass is 546 g/mol. The Hall–Kier alpha value is -2.39. The van der Waals surface area contributed by atoms with E-state index in [4.69, 9.17) is 0 Å². The number of anilines is 1. The Bertz CT molecular complexity index is 1180. The fraction of sp³-hybridized carbons (Fsp3) is 0.208. The molecule has 1 heterocycles. The van der Waals surface area contributed by atoms with Gasteiger partial charge in [0.15, 0.2) is 0 Å². The zero-order valence-corrected chi connectivity index (χ0v) is 20.1. The van der Waals surface area contributed by atoms with Crippen LogP contribution in [0.5, 0.6) is 0 Å². The van der Waals surface area contributed by atoms with Gasteiger partial charge in [-0.2, -0.15) is 0 Å². The molecule has 3 aromatic carbocycles. The molecule has 1 aliphatic rings. The molecule has 0 spiro atoms. The number of rotatable bonds is 5. The van der Waals surface area contributed by atoms with E-state index >= 15 is 0 Å². The molecule has 0 aromatic heterocycles. The minimum absolute atomic E-state index is 0.157. The highest BCUT2D eigenvalue weighted by Crippen LogP contribution is 2.34. The third kappa shape index (κ3) is 4.34. The minimum Gasteiger partial charge on any atom is -0.332 e. The van der Waals surface area contributed by atoms with Crippen molar-refractivity contribution in [2.45, 2.75) is 24.4 Å². The number of amides is 1. The molecule has 160 valence electrons. The molecule has 1 atom stereocenters. The van der Waals surface area contributed by atoms with Gasteiger partial charge in [-0.05, 0) is 36.8 Å². The van der Waals surface area contributed by atoms with E-state index in [1.165, 1.54) is 4.31 Å². The van der Waals surface area contributed by atoms with Crippen LogP contribution in [0.3, 0.4) is 0 Å².